The zero-order chi connectivity index (χ0) is 15.0. The van der Waals surface area contributed by atoms with Crippen LogP contribution in [-0.2, 0) is 9.53 Å². The Labute approximate surface area is 126 Å². The Balaban J connectivity index is 2.10. The number of esters is 1. The number of ether oxygens (including phenoxy) is 1. The van der Waals surface area contributed by atoms with Crippen molar-refractivity contribution < 1.29 is 14.6 Å². The van der Waals surface area contributed by atoms with E-state index in [1.807, 2.05) is 32.0 Å². The van der Waals surface area contributed by atoms with Crippen molar-refractivity contribution in [1.29, 1.82) is 0 Å². The van der Waals surface area contributed by atoms with Gasteiger partial charge in [-0.25, -0.2) is 0 Å². The summed E-state index contributed by atoms with van der Waals surface area (Å²) in [4.78, 5) is 12.6. The summed E-state index contributed by atoms with van der Waals surface area (Å²) in [6, 6.07) is 8.05. The predicted molar refractivity (Wildman–Crippen MR) is 80.8 cm³/mol. The van der Waals surface area contributed by atoms with E-state index in [0.717, 1.165) is 24.8 Å². The SMILES string of the molecule is CCOC(=O)[C@@]1(C)[C@@H](O)c2ccccc2[C@H]2CCCC[C@@H]21. The first-order valence-corrected chi connectivity index (χ1v) is 8.04. The molecule has 0 heterocycles. The lowest BCUT2D eigenvalue weighted by atomic mass is 9.55. The first-order chi connectivity index (χ1) is 10.1. The van der Waals surface area contributed by atoms with Gasteiger partial charge in [-0.3, -0.25) is 4.79 Å². The van der Waals surface area contributed by atoms with E-state index in [1.54, 1.807) is 0 Å². The Morgan fingerprint density at radius 1 is 1.29 bits per heavy atom. The Hall–Kier alpha value is -1.35. The molecule has 0 aromatic heterocycles. The Morgan fingerprint density at radius 2 is 1.95 bits per heavy atom. The topological polar surface area (TPSA) is 46.5 Å². The highest BCUT2D eigenvalue weighted by atomic mass is 16.5. The molecule has 3 nitrogen and oxygen atoms in total. The van der Waals surface area contributed by atoms with Gasteiger partial charge in [0.05, 0.1) is 18.1 Å². The molecule has 0 bridgehead atoms. The Morgan fingerprint density at radius 3 is 2.67 bits per heavy atom. The lowest BCUT2D eigenvalue weighted by Crippen LogP contribution is -2.49. The molecule has 1 aromatic carbocycles. The highest BCUT2D eigenvalue weighted by Gasteiger charge is 2.56. The fraction of sp³-hybridized carbons (Fsp3) is 0.611. The lowest BCUT2D eigenvalue weighted by Gasteiger charge is -2.50. The van der Waals surface area contributed by atoms with Gasteiger partial charge in [0.2, 0.25) is 0 Å². The van der Waals surface area contributed by atoms with Gasteiger partial charge in [0.1, 0.15) is 0 Å². The maximum Gasteiger partial charge on any atom is 0.315 e. The maximum atomic E-state index is 12.6. The van der Waals surface area contributed by atoms with Crippen molar-refractivity contribution in [3.8, 4) is 0 Å². The summed E-state index contributed by atoms with van der Waals surface area (Å²) in [5.41, 5.74) is 1.32. The summed E-state index contributed by atoms with van der Waals surface area (Å²) in [7, 11) is 0. The van der Waals surface area contributed by atoms with Crippen molar-refractivity contribution >= 4 is 5.97 Å². The molecular formula is C18H24O3. The van der Waals surface area contributed by atoms with Crippen LogP contribution in [0.3, 0.4) is 0 Å². The van der Waals surface area contributed by atoms with Crippen molar-refractivity contribution in [3.63, 3.8) is 0 Å². The number of fused-ring (bicyclic) bond motifs is 3. The quantitative estimate of drug-likeness (QED) is 0.846. The van der Waals surface area contributed by atoms with Gasteiger partial charge in [-0.2, -0.15) is 0 Å². The van der Waals surface area contributed by atoms with Crippen LogP contribution < -0.4 is 0 Å². The van der Waals surface area contributed by atoms with E-state index in [-0.39, 0.29) is 11.9 Å². The van der Waals surface area contributed by atoms with Gasteiger partial charge < -0.3 is 9.84 Å². The van der Waals surface area contributed by atoms with Crippen LogP contribution in [0.2, 0.25) is 0 Å². The van der Waals surface area contributed by atoms with Gasteiger partial charge in [0.25, 0.3) is 0 Å². The van der Waals surface area contributed by atoms with Crippen LogP contribution in [0.15, 0.2) is 24.3 Å². The van der Waals surface area contributed by atoms with Crippen LogP contribution in [0, 0.1) is 11.3 Å². The molecule has 3 heteroatoms. The average molecular weight is 288 g/mol. The molecule has 21 heavy (non-hydrogen) atoms. The zero-order valence-corrected chi connectivity index (χ0v) is 12.8. The van der Waals surface area contributed by atoms with Gasteiger partial charge >= 0.3 is 5.97 Å². The van der Waals surface area contributed by atoms with E-state index >= 15 is 0 Å². The normalized spacial score (nSPS) is 34.7. The minimum Gasteiger partial charge on any atom is -0.465 e. The molecule has 3 rings (SSSR count). The van der Waals surface area contributed by atoms with Gasteiger partial charge in [-0.05, 0) is 49.7 Å². The van der Waals surface area contributed by atoms with Crippen LogP contribution in [0.25, 0.3) is 0 Å². The third-order valence-electron chi connectivity index (χ3n) is 5.51. The van der Waals surface area contributed by atoms with Crippen LogP contribution in [0.1, 0.15) is 62.7 Å². The summed E-state index contributed by atoms with van der Waals surface area (Å²) < 4.78 is 5.32. The molecule has 1 N–H and O–H groups in total. The number of benzene rings is 1. The summed E-state index contributed by atoms with van der Waals surface area (Å²) in [5.74, 6) is 0.298. The molecule has 2 aliphatic carbocycles. The number of aliphatic hydroxyl groups is 1. The highest BCUT2D eigenvalue weighted by Crippen LogP contribution is 2.58. The zero-order valence-electron chi connectivity index (χ0n) is 12.8. The average Bonchev–Trinajstić information content (AvgIpc) is 2.53. The standard InChI is InChI=1S/C18H24O3/c1-3-21-17(20)18(2)15-11-7-6-9-13(15)12-8-4-5-10-14(12)16(18)19/h4-5,8,10,13,15-16,19H,3,6-7,9,11H2,1-2H3/t13-,15+,16+,18-/m1/s1. The minimum atomic E-state index is -0.824. The molecule has 0 aliphatic heterocycles. The Bertz CT molecular complexity index is 539. The molecule has 114 valence electrons. The number of aliphatic hydroxyl groups excluding tert-OH is 1. The second-order valence-electron chi connectivity index (χ2n) is 6.53. The molecule has 4 atom stereocenters. The number of carbonyl (C=O) groups is 1. The van der Waals surface area contributed by atoms with E-state index in [2.05, 4.69) is 6.07 Å². The number of rotatable bonds is 2. The van der Waals surface area contributed by atoms with Crippen molar-refractivity contribution in [1.82, 2.24) is 0 Å². The minimum absolute atomic E-state index is 0.176. The number of carbonyl (C=O) groups excluding carboxylic acids is 1. The number of hydrogen-bond donors (Lipinski definition) is 1. The van der Waals surface area contributed by atoms with Crippen molar-refractivity contribution in [3.05, 3.63) is 35.4 Å². The molecule has 0 unspecified atom stereocenters. The third kappa shape index (κ3) is 2.10. The first kappa shape index (κ1) is 14.6. The molecule has 1 fully saturated rings. The molecule has 1 saturated carbocycles. The summed E-state index contributed by atoms with van der Waals surface area (Å²) in [5, 5.41) is 10.9. The van der Waals surface area contributed by atoms with Crippen LogP contribution in [-0.4, -0.2) is 17.7 Å². The largest absolute Gasteiger partial charge is 0.465 e. The summed E-state index contributed by atoms with van der Waals surface area (Å²) >= 11 is 0. The summed E-state index contributed by atoms with van der Waals surface area (Å²) in [6.45, 7) is 4.08. The maximum absolute atomic E-state index is 12.6. The molecule has 0 saturated heterocycles. The van der Waals surface area contributed by atoms with E-state index in [9.17, 15) is 9.90 Å². The van der Waals surface area contributed by atoms with Crippen LogP contribution in [0.5, 0.6) is 0 Å². The second kappa shape index (κ2) is 5.45. The smallest absolute Gasteiger partial charge is 0.315 e. The lowest BCUT2D eigenvalue weighted by molar-refractivity contribution is -0.172. The Kier molecular flexibility index (Phi) is 3.78. The van der Waals surface area contributed by atoms with E-state index < -0.39 is 11.5 Å². The van der Waals surface area contributed by atoms with Crippen LogP contribution >= 0.6 is 0 Å². The first-order valence-electron chi connectivity index (χ1n) is 8.04. The number of hydrogen-bond acceptors (Lipinski definition) is 3. The fourth-order valence-electron chi connectivity index (χ4n) is 4.39. The van der Waals surface area contributed by atoms with E-state index in [0.29, 0.717) is 12.5 Å². The second-order valence-corrected chi connectivity index (χ2v) is 6.53. The van der Waals surface area contributed by atoms with Gasteiger partial charge in [0.15, 0.2) is 0 Å². The molecule has 0 amide bonds. The fourth-order valence-corrected chi connectivity index (χ4v) is 4.39. The van der Waals surface area contributed by atoms with Gasteiger partial charge in [-0.1, -0.05) is 37.1 Å². The van der Waals surface area contributed by atoms with Crippen molar-refractivity contribution in [2.45, 2.75) is 51.6 Å². The van der Waals surface area contributed by atoms with E-state index in [1.165, 1.54) is 12.0 Å². The van der Waals surface area contributed by atoms with Gasteiger partial charge in [-0.15, -0.1) is 0 Å². The molecule has 1 aromatic rings. The van der Waals surface area contributed by atoms with Crippen LogP contribution in [0.4, 0.5) is 0 Å². The molecule has 2 aliphatic rings. The molecular weight excluding hydrogens is 264 g/mol. The summed E-state index contributed by atoms with van der Waals surface area (Å²) in [6.07, 6.45) is 3.65. The third-order valence-corrected chi connectivity index (χ3v) is 5.51. The van der Waals surface area contributed by atoms with Gasteiger partial charge in [0, 0.05) is 0 Å². The van der Waals surface area contributed by atoms with Crippen molar-refractivity contribution in [2.24, 2.45) is 11.3 Å². The van der Waals surface area contributed by atoms with E-state index in [4.69, 9.17) is 4.74 Å². The highest BCUT2D eigenvalue weighted by molar-refractivity contribution is 5.79. The van der Waals surface area contributed by atoms with Crippen molar-refractivity contribution in [2.75, 3.05) is 6.61 Å². The predicted octanol–water partition coefficient (Wildman–Crippen LogP) is 3.58. The monoisotopic (exact) mass is 288 g/mol. The molecule has 0 spiro atoms. The molecule has 0 radical (unpaired) electrons.